The summed E-state index contributed by atoms with van der Waals surface area (Å²) < 4.78 is 5.43. The van der Waals surface area contributed by atoms with Gasteiger partial charge in [-0.25, -0.2) is 0 Å². The molecule has 1 spiro atoms. The minimum atomic E-state index is 0.565. The fraction of sp³-hybridized carbons (Fsp3) is 1.00. The Labute approximate surface area is 77.5 Å². The van der Waals surface area contributed by atoms with Crippen LogP contribution in [0.4, 0.5) is 0 Å². The Hall–Kier alpha value is 0.390. The number of rotatable bonds is 1. The lowest BCUT2D eigenvalue weighted by atomic mass is 9.57. The minimum absolute atomic E-state index is 0.565. The van der Waals surface area contributed by atoms with Crippen LogP contribution in [-0.2, 0) is 4.52 Å². The highest BCUT2D eigenvalue weighted by Crippen LogP contribution is 2.54. The standard InChI is InChI=1S/C10H19OP/c1-8-2-5-10(6-3-8)7-4-9(10)11-12/h8-9H,2-7,12H2,1H3. The molecule has 2 saturated carbocycles. The first-order valence-corrected chi connectivity index (χ1v) is 5.59. The van der Waals surface area contributed by atoms with E-state index in [4.69, 9.17) is 4.52 Å². The Morgan fingerprint density at radius 2 is 1.75 bits per heavy atom. The van der Waals surface area contributed by atoms with Gasteiger partial charge in [0.05, 0.1) is 6.10 Å². The summed E-state index contributed by atoms with van der Waals surface area (Å²) in [7, 11) is 2.44. The second-order valence-corrected chi connectivity index (χ2v) is 4.98. The highest BCUT2D eigenvalue weighted by atomic mass is 31.0. The van der Waals surface area contributed by atoms with Gasteiger partial charge in [-0.3, -0.25) is 0 Å². The maximum absolute atomic E-state index is 5.43. The second-order valence-electron chi connectivity index (χ2n) is 4.71. The lowest BCUT2D eigenvalue weighted by Crippen LogP contribution is -2.47. The molecule has 2 unspecified atom stereocenters. The molecular weight excluding hydrogens is 167 g/mol. The average molecular weight is 186 g/mol. The van der Waals surface area contributed by atoms with Crippen molar-refractivity contribution in [3.05, 3.63) is 0 Å². The third-order valence-corrected chi connectivity index (χ3v) is 4.35. The number of hydrogen-bond donors (Lipinski definition) is 0. The first-order chi connectivity index (χ1) is 5.77. The van der Waals surface area contributed by atoms with E-state index in [1.165, 1.54) is 38.5 Å². The van der Waals surface area contributed by atoms with Crippen LogP contribution in [0.15, 0.2) is 0 Å². The summed E-state index contributed by atoms with van der Waals surface area (Å²) in [4.78, 5) is 0. The van der Waals surface area contributed by atoms with Crippen LogP contribution in [0.5, 0.6) is 0 Å². The average Bonchev–Trinajstić information content (AvgIpc) is 2.05. The van der Waals surface area contributed by atoms with Crippen LogP contribution in [0, 0.1) is 11.3 Å². The van der Waals surface area contributed by atoms with E-state index in [0.29, 0.717) is 11.5 Å². The first kappa shape index (κ1) is 8.97. The molecule has 12 heavy (non-hydrogen) atoms. The Kier molecular flexibility index (Phi) is 2.44. The SMILES string of the molecule is CC1CCC2(CC1)CCC2OP. The van der Waals surface area contributed by atoms with Gasteiger partial charge in [-0.2, -0.15) is 0 Å². The molecule has 2 atom stereocenters. The summed E-state index contributed by atoms with van der Waals surface area (Å²) in [6, 6.07) is 0. The van der Waals surface area contributed by atoms with Gasteiger partial charge in [0, 0.05) is 9.47 Å². The maximum Gasteiger partial charge on any atom is 0.0667 e. The quantitative estimate of drug-likeness (QED) is 0.571. The van der Waals surface area contributed by atoms with Crippen LogP contribution in [0.2, 0.25) is 0 Å². The van der Waals surface area contributed by atoms with E-state index in [2.05, 4.69) is 16.4 Å². The van der Waals surface area contributed by atoms with Crippen molar-refractivity contribution in [3.63, 3.8) is 0 Å². The summed E-state index contributed by atoms with van der Waals surface area (Å²) in [6.45, 7) is 2.38. The van der Waals surface area contributed by atoms with Crippen molar-refractivity contribution in [2.75, 3.05) is 0 Å². The Bertz CT molecular complexity index is 159. The zero-order valence-corrected chi connectivity index (χ0v) is 9.04. The Balaban J connectivity index is 1.95. The largest absolute Gasteiger partial charge is 0.362 e. The van der Waals surface area contributed by atoms with Crippen molar-refractivity contribution < 1.29 is 4.52 Å². The summed E-state index contributed by atoms with van der Waals surface area (Å²) in [5.41, 5.74) is 0.605. The van der Waals surface area contributed by atoms with Gasteiger partial charge in [-0.15, -0.1) is 0 Å². The third-order valence-electron chi connectivity index (χ3n) is 4.02. The fourth-order valence-electron chi connectivity index (χ4n) is 2.79. The van der Waals surface area contributed by atoms with Crippen LogP contribution in [0.3, 0.4) is 0 Å². The molecule has 0 aliphatic heterocycles. The molecule has 0 radical (unpaired) electrons. The van der Waals surface area contributed by atoms with Crippen molar-refractivity contribution in [3.8, 4) is 0 Å². The lowest BCUT2D eigenvalue weighted by Gasteiger charge is -2.52. The van der Waals surface area contributed by atoms with Crippen molar-refractivity contribution in [2.24, 2.45) is 11.3 Å². The van der Waals surface area contributed by atoms with Gasteiger partial charge in [0.25, 0.3) is 0 Å². The highest BCUT2D eigenvalue weighted by molar-refractivity contribution is 7.09. The van der Waals surface area contributed by atoms with E-state index in [1.54, 1.807) is 0 Å². The summed E-state index contributed by atoms with van der Waals surface area (Å²) in [5, 5.41) is 0. The first-order valence-electron chi connectivity index (χ1n) is 5.12. The summed E-state index contributed by atoms with van der Waals surface area (Å²) in [5.74, 6) is 0.960. The van der Waals surface area contributed by atoms with Crippen LogP contribution >= 0.6 is 9.47 Å². The normalized spacial score (nSPS) is 47.5. The predicted molar refractivity (Wildman–Crippen MR) is 53.9 cm³/mol. The Morgan fingerprint density at radius 1 is 1.17 bits per heavy atom. The van der Waals surface area contributed by atoms with Gasteiger partial charge >= 0.3 is 0 Å². The van der Waals surface area contributed by atoms with E-state index < -0.39 is 0 Å². The maximum atomic E-state index is 5.43. The number of hydrogen-bond acceptors (Lipinski definition) is 1. The predicted octanol–water partition coefficient (Wildman–Crippen LogP) is 3.15. The van der Waals surface area contributed by atoms with Crippen LogP contribution in [-0.4, -0.2) is 6.10 Å². The molecule has 0 aromatic heterocycles. The lowest BCUT2D eigenvalue weighted by molar-refractivity contribution is -0.0686. The molecule has 2 fully saturated rings. The van der Waals surface area contributed by atoms with Gasteiger partial charge in [0.1, 0.15) is 0 Å². The molecule has 0 heterocycles. The highest BCUT2D eigenvalue weighted by Gasteiger charge is 2.48. The summed E-state index contributed by atoms with van der Waals surface area (Å²) in [6.07, 6.45) is 8.93. The smallest absolute Gasteiger partial charge is 0.0667 e. The molecule has 0 N–H and O–H groups in total. The van der Waals surface area contributed by atoms with Crippen LogP contribution in [0.1, 0.15) is 45.4 Å². The van der Waals surface area contributed by atoms with Crippen molar-refractivity contribution in [2.45, 2.75) is 51.6 Å². The minimum Gasteiger partial charge on any atom is -0.362 e. The van der Waals surface area contributed by atoms with E-state index in [-0.39, 0.29) is 0 Å². The van der Waals surface area contributed by atoms with Gasteiger partial charge < -0.3 is 4.52 Å². The van der Waals surface area contributed by atoms with Crippen molar-refractivity contribution in [1.29, 1.82) is 0 Å². The molecule has 0 aromatic rings. The molecule has 0 aromatic carbocycles. The van der Waals surface area contributed by atoms with Gasteiger partial charge in [-0.1, -0.05) is 19.8 Å². The molecule has 2 aliphatic carbocycles. The molecule has 0 amide bonds. The van der Waals surface area contributed by atoms with Crippen LogP contribution in [0.25, 0.3) is 0 Å². The molecule has 0 bridgehead atoms. The van der Waals surface area contributed by atoms with E-state index in [9.17, 15) is 0 Å². The topological polar surface area (TPSA) is 9.23 Å². The third kappa shape index (κ3) is 1.32. The molecular formula is C10H19OP. The van der Waals surface area contributed by atoms with Crippen molar-refractivity contribution >= 4 is 9.47 Å². The van der Waals surface area contributed by atoms with Gasteiger partial charge in [0.15, 0.2) is 0 Å². The monoisotopic (exact) mass is 186 g/mol. The molecule has 1 nitrogen and oxygen atoms in total. The van der Waals surface area contributed by atoms with Crippen molar-refractivity contribution in [1.82, 2.24) is 0 Å². The second kappa shape index (κ2) is 3.27. The molecule has 2 aliphatic rings. The fourth-order valence-corrected chi connectivity index (χ4v) is 3.22. The van der Waals surface area contributed by atoms with Gasteiger partial charge in [-0.05, 0) is 37.0 Å². The van der Waals surface area contributed by atoms with E-state index >= 15 is 0 Å². The van der Waals surface area contributed by atoms with Crippen LogP contribution < -0.4 is 0 Å². The van der Waals surface area contributed by atoms with Gasteiger partial charge in [0.2, 0.25) is 0 Å². The molecule has 70 valence electrons. The molecule has 0 saturated heterocycles. The Morgan fingerprint density at radius 3 is 2.17 bits per heavy atom. The van der Waals surface area contributed by atoms with E-state index in [1.807, 2.05) is 0 Å². The van der Waals surface area contributed by atoms with E-state index in [0.717, 1.165) is 5.92 Å². The zero-order chi connectivity index (χ0) is 8.60. The zero-order valence-electron chi connectivity index (χ0n) is 7.88. The molecule has 2 heteroatoms. The molecule has 2 rings (SSSR count). The summed E-state index contributed by atoms with van der Waals surface area (Å²) >= 11 is 0.